The van der Waals surface area contributed by atoms with Gasteiger partial charge in [-0.25, -0.2) is 13.9 Å². The molecule has 0 aromatic carbocycles. The van der Waals surface area contributed by atoms with Crippen molar-refractivity contribution in [2.24, 2.45) is 0 Å². The Hall–Kier alpha value is -3.81. The van der Waals surface area contributed by atoms with Gasteiger partial charge in [-0.1, -0.05) is 0 Å². The topological polar surface area (TPSA) is 130 Å². The fourth-order valence-electron chi connectivity index (χ4n) is 4.92. The number of fused-ring (bicyclic) bond motifs is 2. The molecule has 0 bridgehead atoms. The number of nitrogens with two attached hydrogens (primary N) is 1. The standard InChI is InChI=1S/C23H23F4N7O3/c1-21(24)10-32(20(36)22(2,37)23(25,26)27)9-17(21)33-6-5-14-13(19(33)35)7-12(8-29-14)15-3-4-16-18(28)30-11-31-34(15)16/h3-4,7-8,11,17,37H,5-6,9-10H2,1-2H3,(H2,28,30,31). The van der Waals surface area contributed by atoms with Crippen molar-refractivity contribution >= 4 is 23.1 Å². The number of carbonyl (C=O) groups is 2. The van der Waals surface area contributed by atoms with E-state index in [1.807, 2.05) is 0 Å². The van der Waals surface area contributed by atoms with Gasteiger partial charge < -0.3 is 20.6 Å². The minimum absolute atomic E-state index is 0.0673. The van der Waals surface area contributed by atoms with E-state index in [4.69, 9.17) is 5.73 Å². The van der Waals surface area contributed by atoms with E-state index in [2.05, 4.69) is 15.1 Å². The van der Waals surface area contributed by atoms with Crippen molar-refractivity contribution in [3.63, 3.8) is 0 Å². The highest BCUT2D eigenvalue weighted by atomic mass is 19.4. The normalized spacial score (nSPS) is 23.9. The van der Waals surface area contributed by atoms with Gasteiger partial charge in [-0.05, 0) is 32.0 Å². The van der Waals surface area contributed by atoms with E-state index in [0.717, 1.165) is 6.92 Å². The number of hydrogen-bond donors (Lipinski definition) is 2. The summed E-state index contributed by atoms with van der Waals surface area (Å²) in [4.78, 5) is 36.2. The Morgan fingerprint density at radius 1 is 1.27 bits per heavy atom. The molecular formula is C23H23F4N7O3. The Labute approximate surface area is 207 Å². The summed E-state index contributed by atoms with van der Waals surface area (Å²) < 4.78 is 56.8. The second-order valence-electron chi connectivity index (χ2n) is 9.68. The second-order valence-corrected chi connectivity index (χ2v) is 9.68. The van der Waals surface area contributed by atoms with Crippen LogP contribution >= 0.6 is 0 Å². The number of nitrogens with zero attached hydrogens (tertiary/aromatic N) is 6. The Morgan fingerprint density at radius 3 is 2.70 bits per heavy atom. The number of aliphatic hydroxyl groups is 1. The average Bonchev–Trinajstić information content (AvgIpc) is 3.39. The number of halogens is 4. The number of carbonyl (C=O) groups excluding carboxylic acids is 2. The first-order valence-corrected chi connectivity index (χ1v) is 11.4. The van der Waals surface area contributed by atoms with Crippen LogP contribution in [0, 0.1) is 0 Å². The predicted octanol–water partition coefficient (Wildman–Crippen LogP) is 1.62. The molecule has 2 aliphatic heterocycles. The van der Waals surface area contributed by atoms with Crippen LogP contribution in [-0.4, -0.2) is 89.4 Å². The van der Waals surface area contributed by atoms with E-state index < -0.39 is 48.4 Å². The van der Waals surface area contributed by atoms with Crippen LogP contribution in [-0.2, 0) is 11.2 Å². The summed E-state index contributed by atoms with van der Waals surface area (Å²) >= 11 is 0. The summed E-state index contributed by atoms with van der Waals surface area (Å²) in [6.45, 7) is 0.331. The van der Waals surface area contributed by atoms with Gasteiger partial charge >= 0.3 is 6.18 Å². The first-order chi connectivity index (χ1) is 17.2. The number of hydrogen-bond acceptors (Lipinski definition) is 7. The molecule has 3 aromatic rings. The van der Waals surface area contributed by atoms with E-state index in [1.165, 1.54) is 11.2 Å². The molecule has 3 unspecified atom stereocenters. The zero-order valence-electron chi connectivity index (χ0n) is 19.8. The zero-order chi connectivity index (χ0) is 26.9. The molecule has 3 N–H and O–H groups in total. The summed E-state index contributed by atoms with van der Waals surface area (Å²) in [5, 5.41) is 14.0. The molecule has 2 aliphatic rings. The molecule has 0 saturated carbocycles. The van der Waals surface area contributed by atoms with Crippen LogP contribution in [0.5, 0.6) is 0 Å². The summed E-state index contributed by atoms with van der Waals surface area (Å²) in [6, 6.07) is 3.83. The Kier molecular flexibility index (Phi) is 5.44. The van der Waals surface area contributed by atoms with Gasteiger partial charge in [0.1, 0.15) is 17.5 Å². The number of rotatable bonds is 3. The molecule has 0 spiro atoms. The Bertz CT molecular complexity index is 1420. The van der Waals surface area contributed by atoms with Crippen LogP contribution in [0.25, 0.3) is 16.8 Å². The minimum Gasteiger partial charge on any atom is -0.382 e. The maximum Gasteiger partial charge on any atom is 0.426 e. The summed E-state index contributed by atoms with van der Waals surface area (Å²) in [5.41, 5.74) is 2.39. The van der Waals surface area contributed by atoms with Gasteiger partial charge in [0.25, 0.3) is 11.8 Å². The molecule has 5 rings (SSSR count). The third kappa shape index (κ3) is 3.86. The molecular weight excluding hydrogens is 498 g/mol. The van der Waals surface area contributed by atoms with Gasteiger partial charge in [-0.3, -0.25) is 14.6 Å². The van der Waals surface area contributed by atoms with E-state index in [1.54, 1.807) is 28.9 Å². The number of alkyl halides is 4. The molecule has 37 heavy (non-hydrogen) atoms. The molecule has 0 aliphatic carbocycles. The van der Waals surface area contributed by atoms with Crippen LogP contribution in [0.2, 0.25) is 0 Å². The van der Waals surface area contributed by atoms with Crippen LogP contribution in [0.1, 0.15) is 29.9 Å². The fourth-order valence-corrected chi connectivity index (χ4v) is 4.92. The number of nitrogen functional groups attached to an aromatic ring is 1. The molecule has 1 saturated heterocycles. The number of anilines is 1. The largest absolute Gasteiger partial charge is 0.426 e. The number of likely N-dealkylation sites (tertiary alicyclic amines) is 1. The van der Waals surface area contributed by atoms with Gasteiger partial charge in [-0.15, -0.1) is 0 Å². The highest BCUT2D eigenvalue weighted by Crippen LogP contribution is 2.37. The Morgan fingerprint density at radius 2 is 2.00 bits per heavy atom. The van der Waals surface area contributed by atoms with Crippen molar-refractivity contribution in [3.05, 3.63) is 42.0 Å². The van der Waals surface area contributed by atoms with Gasteiger partial charge in [-0.2, -0.15) is 18.3 Å². The first kappa shape index (κ1) is 24.9. The minimum atomic E-state index is -5.24. The van der Waals surface area contributed by atoms with E-state index >= 15 is 4.39 Å². The van der Waals surface area contributed by atoms with Gasteiger partial charge in [0.15, 0.2) is 5.82 Å². The van der Waals surface area contributed by atoms with Crippen molar-refractivity contribution < 1.29 is 32.3 Å². The molecule has 14 heteroatoms. The summed E-state index contributed by atoms with van der Waals surface area (Å²) in [5.74, 6) is -1.96. The van der Waals surface area contributed by atoms with Crippen molar-refractivity contribution in [2.75, 3.05) is 25.4 Å². The molecule has 3 aromatic heterocycles. The fraction of sp³-hybridized carbons (Fsp3) is 0.435. The highest BCUT2D eigenvalue weighted by Gasteiger charge is 2.60. The van der Waals surface area contributed by atoms with E-state index in [0.29, 0.717) is 34.3 Å². The Balaban J connectivity index is 1.44. The van der Waals surface area contributed by atoms with E-state index in [-0.39, 0.29) is 24.3 Å². The smallest absolute Gasteiger partial charge is 0.382 e. The number of amides is 2. The summed E-state index contributed by atoms with van der Waals surface area (Å²) in [6.07, 6.45) is -2.09. The zero-order valence-corrected chi connectivity index (χ0v) is 19.8. The van der Waals surface area contributed by atoms with Crippen LogP contribution in [0.4, 0.5) is 23.4 Å². The summed E-state index contributed by atoms with van der Waals surface area (Å²) in [7, 11) is 0. The average molecular weight is 521 g/mol. The molecule has 2 amide bonds. The maximum absolute atomic E-state index is 15.6. The van der Waals surface area contributed by atoms with Crippen LogP contribution < -0.4 is 5.73 Å². The van der Waals surface area contributed by atoms with E-state index in [9.17, 15) is 27.9 Å². The molecule has 0 radical (unpaired) electrons. The van der Waals surface area contributed by atoms with Crippen LogP contribution in [0.15, 0.2) is 30.7 Å². The van der Waals surface area contributed by atoms with Crippen molar-refractivity contribution in [1.82, 2.24) is 29.4 Å². The molecule has 5 heterocycles. The lowest BCUT2D eigenvalue weighted by atomic mass is 9.95. The third-order valence-electron chi connectivity index (χ3n) is 7.05. The SMILES string of the molecule is CC1(F)CN(C(=O)C(C)(O)C(F)(F)F)CC1N1CCc2ncc(-c3ccc4c(N)ncnn34)cc2C1=O. The van der Waals surface area contributed by atoms with Gasteiger partial charge in [0.2, 0.25) is 5.60 Å². The lowest BCUT2D eigenvalue weighted by Crippen LogP contribution is -2.56. The molecule has 10 nitrogen and oxygen atoms in total. The van der Waals surface area contributed by atoms with Crippen molar-refractivity contribution in [1.29, 1.82) is 0 Å². The maximum atomic E-state index is 15.6. The molecule has 1 fully saturated rings. The molecule has 196 valence electrons. The quantitative estimate of drug-likeness (QED) is 0.501. The van der Waals surface area contributed by atoms with Crippen molar-refractivity contribution in [3.8, 4) is 11.3 Å². The predicted molar refractivity (Wildman–Crippen MR) is 122 cm³/mol. The highest BCUT2D eigenvalue weighted by molar-refractivity contribution is 5.98. The lowest BCUT2D eigenvalue weighted by molar-refractivity contribution is -0.250. The first-order valence-electron chi connectivity index (χ1n) is 11.4. The van der Waals surface area contributed by atoms with Crippen molar-refractivity contribution in [2.45, 2.75) is 43.8 Å². The number of aromatic nitrogens is 4. The third-order valence-corrected chi connectivity index (χ3v) is 7.05. The second kappa shape index (κ2) is 8.10. The lowest BCUT2D eigenvalue weighted by Gasteiger charge is -2.37. The monoisotopic (exact) mass is 521 g/mol. The van der Waals surface area contributed by atoms with Gasteiger partial charge in [0, 0.05) is 31.3 Å². The number of pyridine rings is 1. The molecule has 3 atom stereocenters. The van der Waals surface area contributed by atoms with Crippen LogP contribution in [0.3, 0.4) is 0 Å². The van der Waals surface area contributed by atoms with Gasteiger partial charge in [0.05, 0.1) is 29.5 Å².